The van der Waals surface area contributed by atoms with E-state index in [2.05, 4.69) is 5.32 Å². The Bertz CT molecular complexity index is 1240. The summed E-state index contributed by atoms with van der Waals surface area (Å²) in [6.45, 7) is 2.18. The van der Waals surface area contributed by atoms with Crippen LogP contribution in [-0.4, -0.2) is 76.1 Å². The SMILES string of the molecule is CC(=O)OCCOc1ccc(C(=O)N2CC(=O)N(CCNCS(C)(=O)=O)Cc3ccccc32)c(Cl)c1. The Labute approximate surface area is 215 Å². The lowest BCUT2D eigenvalue weighted by atomic mass is 10.1. The van der Waals surface area contributed by atoms with Gasteiger partial charge in [-0.1, -0.05) is 29.8 Å². The van der Waals surface area contributed by atoms with E-state index in [-0.39, 0.29) is 55.2 Å². The fourth-order valence-corrected chi connectivity index (χ4v) is 4.39. The number of nitrogens with one attached hydrogen (secondary N) is 1. The van der Waals surface area contributed by atoms with E-state index < -0.39 is 21.7 Å². The van der Waals surface area contributed by atoms with Crippen LogP contribution in [0.1, 0.15) is 22.8 Å². The molecule has 1 heterocycles. The van der Waals surface area contributed by atoms with Gasteiger partial charge in [-0.25, -0.2) is 8.42 Å². The van der Waals surface area contributed by atoms with E-state index in [0.717, 1.165) is 11.8 Å². The van der Waals surface area contributed by atoms with Crippen molar-refractivity contribution < 1.29 is 32.3 Å². The Hall–Kier alpha value is -3.15. The van der Waals surface area contributed by atoms with Crippen molar-refractivity contribution in [3.63, 3.8) is 0 Å². The van der Waals surface area contributed by atoms with Crippen molar-refractivity contribution in [2.75, 3.05) is 49.9 Å². The van der Waals surface area contributed by atoms with Crippen LogP contribution in [0.15, 0.2) is 42.5 Å². The van der Waals surface area contributed by atoms with Crippen LogP contribution in [-0.2, 0) is 30.7 Å². The van der Waals surface area contributed by atoms with Crippen molar-refractivity contribution in [2.24, 2.45) is 0 Å². The van der Waals surface area contributed by atoms with E-state index in [1.54, 1.807) is 23.1 Å². The zero-order valence-electron chi connectivity index (χ0n) is 20.0. The van der Waals surface area contributed by atoms with Gasteiger partial charge in [0.25, 0.3) is 5.91 Å². The highest BCUT2D eigenvalue weighted by Gasteiger charge is 2.30. The Morgan fingerprint density at radius 2 is 1.86 bits per heavy atom. The number of halogens is 1. The van der Waals surface area contributed by atoms with Gasteiger partial charge in [0.15, 0.2) is 9.84 Å². The molecule has 1 N–H and O–H groups in total. The number of fused-ring (bicyclic) bond motifs is 1. The summed E-state index contributed by atoms with van der Waals surface area (Å²) in [5.41, 5.74) is 1.58. The van der Waals surface area contributed by atoms with Gasteiger partial charge in [0, 0.05) is 38.5 Å². The third kappa shape index (κ3) is 7.67. The average molecular weight is 538 g/mol. The van der Waals surface area contributed by atoms with Crippen LogP contribution in [0.25, 0.3) is 0 Å². The molecular weight excluding hydrogens is 510 g/mol. The second-order valence-corrected chi connectivity index (χ2v) is 10.8. The van der Waals surface area contributed by atoms with Gasteiger partial charge >= 0.3 is 5.97 Å². The molecule has 2 amide bonds. The number of carbonyl (C=O) groups is 3. The summed E-state index contributed by atoms with van der Waals surface area (Å²) in [7, 11) is -3.17. The summed E-state index contributed by atoms with van der Waals surface area (Å²) in [4.78, 5) is 40.4. The maximum atomic E-state index is 13.5. The fourth-order valence-electron chi connectivity index (χ4n) is 3.63. The van der Waals surface area contributed by atoms with Crippen LogP contribution < -0.4 is 15.0 Å². The molecule has 36 heavy (non-hydrogen) atoms. The molecule has 2 aromatic carbocycles. The summed E-state index contributed by atoms with van der Waals surface area (Å²) in [5, 5.41) is 2.97. The molecule has 12 heteroatoms. The molecule has 1 aliphatic heterocycles. The maximum Gasteiger partial charge on any atom is 0.302 e. The number of benzene rings is 2. The van der Waals surface area contributed by atoms with Crippen LogP contribution >= 0.6 is 11.6 Å². The van der Waals surface area contributed by atoms with Crippen molar-refractivity contribution in [2.45, 2.75) is 13.5 Å². The van der Waals surface area contributed by atoms with Crippen LogP contribution in [0.2, 0.25) is 5.02 Å². The smallest absolute Gasteiger partial charge is 0.302 e. The molecule has 0 aromatic heterocycles. The van der Waals surface area contributed by atoms with Crippen LogP contribution in [0.3, 0.4) is 0 Å². The number of carbonyl (C=O) groups excluding carboxylic acids is 3. The number of sulfone groups is 1. The van der Waals surface area contributed by atoms with Gasteiger partial charge in [0.05, 0.1) is 16.5 Å². The lowest BCUT2D eigenvalue weighted by Gasteiger charge is -2.23. The lowest BCUT2D eigenvalue weighted by Crippen LogP contribution is -2.42. The molecule has 0 aliphatic carbocycles. The normalized spacial score (nSPS) is 13.7. The molecule has 1 aliphatic rings. The summed E-state index contributed by atoms with van der Waals surface area (Å²) in [6, 6.07) is 11.8. The van der Waals surface area contributed by atoms with Gasteiger partial charge < -0.3 is 19.7 Å². The highest BCUT2D eigenvalue weighted by atomic mass is 35.5. The first-order valence-corrected chi connectivity index (χ1v) is 13.6. The molecule has 0 saturated carbocycles. The predicted octanol–water partition coefficient (Wildman–Crippen LogP) is 1.86. The molecule has 10 nitrogen and oxygen atoms in total. The van der Waals surface area contributed by atoms with Gasteiger partial charge in [0.2, 0.25) is 5.91 Å². The minimum absolute atomic E-state index is 0.0839. The third-order valence-electron chi connectivity index (χ3n) is 5.29. The molecule has 0 bridgehead atoms. The second kappa shape index (κ2) is 12.2. The van der Waals surface area contributed by atoms with E-state index in [4.69, 9.17) is 21.1 Å². The molecule has 0 atom stereocenters. The monoisotopic (exact) mass is 537 g/mol. The molecule has 194 valence electrons. The Balaban J connectivity index is 1.74. The molecule has 0 saturated heterocycles. The van der Waals surface area contributed by atoms with Crippen LogP contribution in [0.5, 0.6) is 5.75 Å². The predicted molar refractivity (Wildman–Crippen MR) is 135 cm³/mol. The average Bonchev–Trinajstić information content (AvgIpc) is 2.95. The number of anilines is 1. The Morgan fingerprint density at radius 3 is 2.56 bits per heavy atom. The number of hydrogen-bond acceptors (Lipinski definition) is 8. The van der Waals surface area contributed by atoms with Crippen LogP contribution in [0.4, 0.5) is 5.69 Å². The molecule has 3 rings (SSSR count). The highest BCUT2D eigenvalue weighted by molar-refractivity contribution is 7.90. The van der Waals surface area contributed by atoms with Gasteiger partial charge in [0.1, 0.15) is 25.5 Å². The van der Waals surface area contributed by atoms with Gasteiger partial charge in [-0.2, -0.15) is 0 Å². The van der Waals surface area contributed by atoms with E-state index in [0.29, 0.717) is 18.0 Å². The van der Waals surface area contributed by atoms with Gasteiger partial charge in [-0.05, 0) is 29.8 Å². The quantitative estimate of drug-likeness (QED) is 0.360. The Kier molecular flexibility index (Phi) is 9.30. The second-order valence-electron chi connectivity index (χ2n) is 8.24. The zero-order valence-corrected chi connectivity index (χ0v) is 21.6. The van der Waals surface area contributed by atoms with Crippen molar-refractivity contribution in [1.82, 2.24) is 10.2 Å². The van der Waals surface area contributed by atoms with Crippen molar-refractivity contribution >= 4 is 44.9 Å². The topological polar surface area (TPSA) is 122 Å². The van der Waals surface area contributed by atoms with Crippen molar-refractivity contribution in [1.29, 1.82) is 0 Å². The molecule has 0 spiro atoms. The first-order valence-electron chi connectivity index (χ1n) is 11.2. The number of para-hydroxylation sites is 1. The largest absolute Gasteiger partial charge is 0.490 e. The standard InChI is InChI=1S/C24H28ClN3O7S/c1-17(29)34-11-12-35-19-7-8-20(21(25)13-19)24(31)28-15-23(30)27(10-9-26-16-36(2,32)33)14-18-5-3-4-6-22(18)28/h3-8,13,26H,9-12,14-16H2,1-2H3. The zero-order chi connectivity index (χ0) is 26.3. The number of esters is 1. The number of amides is 2. The fraction of sp³-hybridized carbons (Fsp3) is 0.375. The van der Waals surface area contributed by atoms with Crippen molar-refractivity contribution in [3.8, 4) is 5.75 Å². The molecule has 2 aromatic rings. The number of nitrogens with zero attached hydrogens (tertiary/aromatic N) is 2. The van der Waals surface area contributed by atoms with Crippen LogP contribution in [0, 0.1) is 0 Å². The van der Waals surface area contributed by atoms with E-state index >= 15 is 0 Å². The number of rotatable bonds is 10. The summed E-state index contributed by atoms with van der Waals surface area (Å²) < 4.78 is 33.0. The third-order valence-corrected chi connectivity index (χ3v) is 6.33. The number of hydrogen-bond donors (Lipinski definition) is 1. The summed E-state index contributed by atoms with van der Waals surface area (Å²) in [5.74, 6) is -0.901. The molecule has 0 fully saturated rings. The minimum Gasteiger partial charge on any atom is -0.490 e. The van der Waals surface area contributed by atoms with Crippen molar-refractivity contribution in [3.05, 3.63) is 58.6 Å². The Morgan fingerprint density at radius 1 is 1.11 bits per heavy atom. The van der Waals surface area contributed by atoms with E-state index in [1.807, 2.05) is 12.1 Å². The number of ether oxygens (including phenoxy) is 2. The summed E-state index contributed by atoms with van der Waals surface area (Å²) in [6.07, 6.45) is 1.13. The lowest BCUT2D eigenvalue weighted by molar-refractivity contribution is -0.141. The minimum atomic E-state index is -3.17. The molecule has 0 radical (unpaired) electrons. The summed E-state index contributed by atoms with van der Waals surface area (Å²) >= 11 is 6.40. The highest BCUT2D eigenvalue weighted by Crippen LogP contribution is 2.30. The molecule has 0 unspecified atom stereocenters. The first-order chi connectivity index (χ1) is 17.0. The van der Waals surface area contributed by atoms with Gasteiger partial charge in [-0.3, -0.25) is 19.3 Å². The first kappa shape index (κ1) is 27.4. The van der Waals surface area contributed by atoms with E-state index in [1.165, 1.54) is 24.0 Å². The maximum absolute atomic E-state index is 13.5. The molecular formula is C24H28ClN3O7S. The van der Waals surface area contributed by atoms with E-state index in [9.17, 15) is 22.8 Å². The van der Waals surface area contributed by atoms with Gasteiger partial charge in [-0.15, -0.1) is 0 Å².